The summed E-state index contributed by atoms with van der Waals surface area (Å²) in [5.74, 6) is 0. The van der Waals surface area contributed by atoms with E-state index in [-0.39, 0.29) is 4.90 Å². The molecule has 0 radical (unpaired) electrons. The highest BCUT2D eigenvalue weighted by atomic mass is 32.2. The van der Waals surface area contributed by atoms with E-state index in [0.29, 0.717) is 37.1 Å². The van der Waals surface area contributed by atoms with E-state index in [1.807, 2.05) is 6.92 Å². The fourth-order valence-electron chi connectivity index (χ4n) is 2.08. The molecule has 1 aromatic rings. The van der Waals surface area contributed by atoms with Gasteiger partial charge in [-0.2, -0.15) is 4.31 Å². The van der Waals surface area contributed by atoms with Crippen molar-refractivity contribution in [3.63, 3.8) is 0 Å². The summed E-state index contributed by atoms with van der Waals surface area (Å²) in [4.78, 5) is 0.262. The summed E-state index contributed by atoms with van der Waals surface area (Å²) in [5, 5.41) is 6.54. The first-order valence-corrected chi connectivity index (χ1v) is 9.11. The van der Waals surface area contributed by atoms with Gasteiger partial charge in [-0.15, -0.1) is 0 Å². The van der Waals surface area contributed by atoms with Crippen molar-refractivity contribution >= 4 is 33.0 Å². The first-order valence-electron chi connectivity index (χ1n) is 7.27. The molecule has 6 nitrogen and oxygen atoms in total. The van der Waals surface area contributed by atoms with Gasteiger partial charge in [-0.1, -0.05) is 13.0 Å². The predicted molar refractivity (Wildman–Crippen MR) is 90.5 cm³/mol. The van der Waals surface area contributed by atoms with E-state index in [4.69, 9.17) is 17.0 Å². The van der Waals surface area contributed by atoms with Crippen LogP contribution in [0.5, 0.6) is 0 Å². The Morgan fingerprint density at radius 1 is 1.36 bits per heavy atom. The van der Waals surface area contributed by atoms with Crippen molar-refractivity contribution in [3.8, 4) is 0 Å². The van der Waals surface area contributed by atoms with E-state index in [1.165, 1.54) is 4.31 Å². The zero-order valence-corrected chi connectivity index (χ0v) is 14.2. The summed E-state index contributed by atoms with van der Waals surface area (Å²) in [7, 11) is -3.49. The number of hydrogen-bond donors (Lipinski definition) is 2. The average molecular weight is 343 g/mol. The molecule has 2 rings (SSSR count). The fourth-order valence-corrected chi connectivity index (χ4v) is 3.76. The van der Waals surface area contributed by atoms with Crippen LogP contribution in [0.1, 0.15) is 13.3 Å². The predicted octanol–water partition coefficient (Wildman–Crippen LogP) is 1.40. The van der Waals surface area contributed by atoms with Crippen LogP contribution in [0.4, 0.5) is 5.69 Å². The number of sulfonamides is 1. The Bertz CT molecular complexity index is 614. The lowest BCUT2D eigenvalue weighted by Gasteiger charge is -2.26. The summed E-state index contributed by atoms with van der Waals surface area (Å²) < 4.78 is 31.8. The van der Waals surface area contributed by atoms with E-state index < -0.39 is 10.0 Å². The molecule has 8 heteroatoms. The quantitative estimate of drug-likeness (QED) is 0.788. The minimum Gasteiger partial charge on any atom is -0.379 e. The molecule has 1 heterocycles. The third kappa shape index (κ3) is 4.39. The summed E-state index contributed by atoms with van der Waals surface area (Å²) in [5.41, 5.74) is 0.655. The molecule has 2 N–H and O–H groups in total. The molecule has 0 unspecified atom stereocenters. The SMILES string of the molecule is CCCNC(=S)Nc1cccc(S(=O)(=O)N2CCOCC2)c1. The standard InChI is InChI=1S/C14H21N3O3S2/c1-2-6-15-14(21)16-12-4-3-5-13(11-12)22(18,19)17-7-9-20-10-8-17/h3-5,11H,2,6-10H2,1H3,(H2,15,16,21). The van der Waals surface area contributed by atoms with E-state index in [0.717, 1.165) is 13.0 Å². The molecule has 22 heavy (non-hydrogen) atoms. The largest absolute Gasteiger partial charge is 0.379 e. The third-order valence-electron chi connectivity index (χ3n) is 3.24. The Morgan fingerprint density at radius 2 is 2.09 bits per heavy atom. The molecule has 1 fully saturated rings. The number of hydrogen-bond acceptors (Lipinski definition) is 4. The van der Waals surface area contributed by atoms with Gasteiger partial charge in [0.25, 0.3) is 0 Å². The number of anilines is 1. The highest BCUT2D eigenvalue weighted by molar-refractivity contribution is 7.89. The molecule has 0 atom stereocenters. The number of rotatable bonds is 5. The lowest BCUT2D eigenvalue weighted by Crippen LogP contribution is -2.40. The van der Waals surface area contributed by atoms with Gasteiger partial charge in [0, 0.05) is 25.3 Å². The van der Waals surface area contributed by atoms with Crippen molar-refractivity contribution in [3.05, 3.63) is 24.3 Å². The summed E-state index contributed by atoms with van der Waals surface area (Å²) in [6.45, 7) is 4.46. The molecule has 0 saturated carbocycles. The number of morpholine rings is 1. The normalized spacial score (nSPS) is 16.2. The molecular formula is C14H21N3O3S2. The van der Waals surface area contributed by atoms with Crippen molar-refractivity contribution in [2.75, 3.05) is 38.2 Å². The summed E-state index contributed by atoms with van der Waals surface area (Å²) in [6, 6.07) is 6.69. The van der Waals surface area contributed by atoms with E-state index in [1.54, 1.807) is 24.3 Å². The fraction of sp³-hybridized carbons (Fsp3) is 0.500. The maximum Gasteiger partial charge on any atom is 0.243 e. The van der Waals surface area contributed by atoms with Gasteiger partial charge in [-0.05, 0) is 36.8 Å². The van der Waals surface area contributed by atoms with Crippen molar-refractivity contribution in [1.29, 1.82) is 0 Å². The molecular weight excluding hydrogens is 322 g/mol. The van der Waals surface area contributed by atoms with Crippen molar-refractivity contribution in [2.24, 2.45) is 0 Å². The van der Waals surface area contributed by atoms with Gasteiger partial charge >= 0.3 is 0 Å². The Morgan fingerprint density at radius 3 is 2.77 bits per heavy atom. The van der Waals surface area contributed by atoms with Crippen molar-refractivity contribution in [2.45, 2.75) is 18.2 Å². The first kappa shape index (κ1) is 17.1. The van der Waals surface area contributed by atoms with E-state index in [9.17, 15) is 8.42 Å². The van der Waals surface area contributed by atoms with Gasteiger partial charge in [0.15, 0.2) is 5.11 Å². The number of benzene rings is 1. The minimum atomic E-state index is -3.49. The van der Waals surface area contributed by atoms with Crippen LogP contribution in [0, 0.1) is 0 Å². The maximum absolute atomic E-state index is 12.6. The van der Waals surface area contributed by atoms with Crippen LogP contribution in [-0.4, -0.2) is 50.7 Å². The number of thiocarbonyl (C=S) groups is 1. The van der Waals surface area contributed by atoms with Gasteiger partial charge < -0.3 is 15.4 Å². The second-order valence-electron chi connectivity index (χ2n) is 4.93. The molecule has 0 amide bonds. The third-order valence-corrected chi connectivity index (χ3v) is 5.38. The van der Waals surface area contributed by atoms with Crippen LogP contribution in [-0.2, 0) is 14.8 Å². The monoisotopic (exact) mass is 343 g/mol. The Labute approximate surface area is 136 Å². The van der Waals surface area contributed by atoms with Gasteiger partial charge in [0.2, 0.25) is 10.0 Å². The van der Waals surface area contributed by atoms with Crippen LogP contribution in [0.2, 0.25) is 0 Å². The smallest absolute Gasteiger partial charge is 0.243 e. The lowest BCUT2D eigenvalue weighted by molar-refractivity contribution is 0.0730. The van der Waals surface area contributed by atoms with Crippen molar-refractivity contribution in [1.82, 2.24) is 9.62 Å². The molecule has 1 saturated heterocycles. The summed E-state index contributed by atoms with van der Waals surface area (Å²) in [6.07, 6.45) is 0.966. The highest BCUT2D eigenvalue weighted by Gasteiger charge is 2.26. The minimum absolute atomic E-state index is 0.262. The molecule has 0 aromatic heterocycles. The molecule has 0 aliphatic carbocycles. The van der Waals surface area contributed by atoms with Crippen LogP contribution in [0.15, 0.2) is 29.2 Å². The number of nitrogens with zero attached hydrogens (tertiary/aromatic N) is 1. The molecule has 122 valence electrons. The van der Waals surface area contributed by atoms with Crippen LogP contribution >= 0.6 is 12.2 Å². The molecule has 1 aliphatic heterocycles. The number of nitrogens with one attached hydrogen (secondary N) is 2. The topological polar surface area (TPSA) is 70.7 Å². The number of ether oxygens (including phenoxy) is 1. The van der Waals surface area contributed by atoms with Crippen LogP contribution in [0.3, 0.4) is 0 Å². The molecule has 1 aliphatic rings. The zero-order valence-electron chi connectivity index (χ0n) is 12.5. The highest BCUT2D eigenvalue weighted by Crippen LogP contribution is 2.20. The van der Waals surface area contributed by atoms with E-state index >= 15 is 0 Å². The van der Waals surface area contributed by atoms with Gasteiger partial charge in [-0.3, -0.25) is 0 Å². The lowest BCUT2D eigenvalue weighted by atomic mass is 10.3. The van der Waals surface area contributed by atoms with Gasteiger partial charge in [0.1, 0.15) is 0 Å². The zero-order chi connectivity index (χ0) is 16.0. The maximum atomic E-state index is 12.6. The van der Waals surface area contributed by atoms with Crippen LogP contribution in [0.25, 0.3) is 0 Å². The summed E-state index contributed by atoms with van der Waals surface area (Å²) >= 11 is 5.16. The first-order chi connectivity index (χ1) is 10.5. The van der Waals surface area contributed by atoms with Gasteiger partial charge in [0.05, 0.1) is 18.1 Å². The second-order valence-corrected chi connectivity index (χ2v) is 7.27. The van der Waals surface area contributed by atoms with Gasteiger partial charge in [-0.25, -0.2) is 8.42 Å². The van der Waals surface area contributed by atoms with E-state index in [2.05, 4.69) is 10.6 Å². The Kier molecular flexibility index (Phi) is 6.13. The Balaban J connectivity index is 2.11. The molecule has 0 bridgehead atoms. The average Bonchev–Trinajstić information content (AvgIpc) is 2.54. The molecule has 1 aromatic carbocycles. The van der Waals surface area contributed by atoms with Crippen LogP contribution < -0.4 is 10.6 Å². The Hall–Kier alpha value is -1.22. The van der Waals surface area contributed by atoms with Crippen molar-refractivity contribution < 1.29 is 13.2 Å². The molecule has 0 spiro atoms. The second kappa shape index (κ2) is 7.87.